The van der Waals surface area contributed by atoms with Crippen LogP contribution in [-0.4, -0.2) is 53.8 Å². The van der Waals surface area contributed by atoms with Gasteiger partial charge in [-0.25, -0.2) is 4.79 Å². The summed E-state index contributed by atoms with van der Waals surface area (Å²) in [6.45, 7) is 1.20. The maximum Gasteiger partial charge on any atom is 0.335 e. The van der Waals surface area contributed by atoms with Gasteiger partial charge in [-0.2, -0.15) is 0 Å². The molecular formula is C13H19N3O4. The number of nitrogens with one attached hydrogen (secondary N) is 1. The topological polar surface area (TPSA) is 120 Å². The molecule has 7 heteroatoms. The SMILES string of the molecule is CN(CCOCCc1cc(O)ccc1C(=O)O)C(=N)N. The second-order valence-electron chi connectivity index (χ2n) is 4.32. The van der Waals surface area contributed by atoms with Crippen molar-refractivity contribution in [3.63, 3.8) is 0 Å². The number of ether oxygens (including phenoxy) is 1. The summed E-state index contributed by atoms with van der Waals surface area (Å²) in [6, 6.07) is 4.14. The number of aromatic hydroxyl groups is 1. The van der Waals surface area contributed by atoms with Crippen molar-refractivity contribution in [1.82, 2.24) is 4.90 Å². The Labute approximate surface area is 117 Å². The third kappa shape index (κ3) is 4.77. The monoisotopic (exact) mass is 281 g/mol. The van der Waals surface area contributed by atoms with Crippen molar-refractivity contribution in [2.45, 2.75) is 6.42 Å². The summed E-state index contributed by atoms with van der Waals surface area (Å²) in [5.41, 5.74) is 5.96. The molecule has 20 heavy (non-hydrogen) atoms. The van der Waals surface area contributed by atoms with E-state index in [0.29, 0.717) is 31.7 Å². The lowest BCUT2D eigenvalue weighted by Gasteiger charge is -2.16. The number of carbonyl (C=O) groups is 1. The molecule has 1 aromatic carbocycles. The van der Waals surface area contributed by atoms with Crippen LogP contribution in [-0.2, 0) is 11.2 Å². The molecule has 0 amide bonds. The van der Waals surface area contributed by atoms with Gasteiger partial charge >= 0.3 is 5.97 Å². The molecule has 5 N–H and O–H groups in total. The molecule has 0 atom stereocenters. The third-order valence-corrected chi connectivity index (χ3v) is 2.82. The smallest absolute Gasteiger partial charge is 0.335 e. The van der Waals surface area contributed by atoms with Gasteiger partial charge in [-0.1, -0.05) is 0 Å². The molecule has 1 aromatic rings. The van der Waals surface area contributed by atoms with E-state index in [1.165, 1.54) is 23.1 Å². The van der Waals surface area contributed by atoms with Crippen LogP contribution in [0.25, 0.3) is 0 Å². The number of aromatic carboxylic acids is 1. The normalized spacial score (nSPS) is 10.2. The van der Waals surface area contributed by atoms with Crippen molar-refractivity contribution in [3.05, 3.63) is 29.3 Å². The summed E-state index contributed by atoms with van der Waals surface area (Å²) in [4.78, 5) is 12.6. The second kappa shape index (κ2) is 7.34. The lowest BCUT2D eigenvalue weighted by atomic mass is 10.0. The first-order chi connectivity index (χ1) is 9.41. The van der Waals surface area contributed by atoms with E-state index in [1.807, 2.05) is 0 Å². The Morgan fingerprint density at radius 2 is 2.15 bits per heavy atom. The fraction of sp³-hybridized carbons (Fsp3) is 0.385. The van der Waals surface area contributed by atoms with Crippen LogP contribution in [0.3, 0.4) is 0 Å². The van der Waals surface area contributed by atoms with E-state index in [0.717, 1.165) is 0 Å². The molecule has 110 valence electrons. The average Bonchev–Trinajstić information content (AvgIpc) is 2.37. The van der Waals surface area contributed by atoms with Crippen LogP contribution in [0.15, 0.2) is 18.2 Å². The van der Waals surface area contributed by atoms with Gasteiger partial charge in [0, 0.05) is 13.6 Å². The number of hydrogen-bond acceptors (Lipinski definition) is 4. The standard InChI is InChI=1S/C13H19N3O4/c1-16(13(14)15)5-7-20-6-4-9-8-10(17)2-3-11(9)12(18)19/h2-3,8,17H,4-7H2,1H3,(H3,14,15)(H,18,19). The zero-order valence-corrected chi connectivity index (χ0v) is 11.3. The molecule has 0 heterocycles. The highest BCUT2D eigenvalue weighted by Gasteiger charge is 2.10. The quantitative estimate of drug-likeness (QED) is 0.328. The van der Waals surface area contributed by atoms with Crippen LogP contribution in [0.4, 0.5) is 0 Å². The minimum Gasteiger partial charge on any atom is -0.508 e. The van der Waals surface area contributed by atoms with Gasteiger partial charge in [0.15, 0.2) is 5.96 Å². The zero-order chi connectivity index (χ0) is 15.1. The number of phenols is 1. The first kappa shape index (κ1) is 15.8. The average molecular weight is 281 g/mol. The van der Waals surface area contributed by atoms with Crippen molar-refractivity contribution in [2.75, 3.05) is 26.8 Å². The molecule has 0 unspecified atom stereocenters. The highest BCUT2D eigenvalue weighted by atomic mass is 16.5. The van der Waals surface area contributed by atoms with Gasteiger partial charge in [-0.3, -0.25) is 5.41 Å². The molecule has 1 rings (SSSR count). The maximum atomic E-state index is 11.0. The highest BCUT2D eigenvalue weighted by Crippen LogP contribution is 2.17. The number of hydrogen-bond donors (Lipinski definition) is 4. The van der Waals surface area contributed by atoms with Crippen LogP contribution in [0.1, 0.15) is 15.9 Å². The summed E-state index contributed by atoms with van der Waals surface area (Å²) in [7, 11) is 1.68. The molecule has 0 saturated heterocycles. The Balaban J connectivity index is 2.44. The van der Waals surface area contributed by atoms with E-state index in [9.17, 15) is 9.90 Å². The Morgan fingerprint density at radius 3 is 2.75 bits per heavy atom. The molecule has 0 saturated carbocycles. The molecule has 0 aliphatic carbocycles. The number of guanidine groups is 1. The van der Waals surface area contributed by atoms with Gasteiger partial charge in [-0.15, -0.1) is 0 Å². The number of nitrogens with zero attached hydrogens (tertiary/aromatic N) is 1. The lowest BCUT2D eigenvalue weighted by Crippen LogP contribution is -2.35. The molecule has 0 aliphatic heterocycles. The predicted octanol–water partition coefficient (Wildman–Crippen LogP) is 0.475. The van der Waals surface area contributed by atoms with Crippen LogP contribution in [0, 0.1) is 5.41 Å². The molecule has 0 fully saturated rings. The molecule has 0 spiro atoms. The van der Waals surface area contributed by atoms with Crippen LogP contribution in [0.2, 0.25) is 0 Å². The molecule has 0 radical (unpaired) electrons. The molecule has 7 nitrogen and oxygen atoms in total. The number of rotatable bonds is 7. The Hall–Kier alpha value is -2.28. The Bertz CT molecular complexity index is 491. The van der Waals surface area contributed by atoms with Crippen molar-refractivity contribution in [2.24, 2.45) is 5.73 Å². The summed E-state index contributed by atoms with van der Waals surface area (Å²) in [5.74, 6) is -1.03. The van der Waals surface area contributed by atoms with Gasteiger partial charge in [0.25, 0.3) is 0 Å². The van der Waals surface area contributed by atoms with Crippen molar-refractivity contribution < 1.29 is 19.7 Å². The minimum atomic E-state index is -1.03. The number of likely N-dealkylation sites (N-methyl/N-ethyl adjacent to an activating group) is 1. The van der Waals surface area contributed by atoms with E-state index >= 15 is 0 Å². The van der Waals surface area contributed by atoms with Gasteiger partial charge < -0.3 is 25.6 Å². The van der Waals surface area contributed by atoms with Gasteiger partial charge in [0.1, 0.15) is 5.75 Å². The number of phenolic OH excluding ortho intramolecular Hbond substituents is 1. The third-order valence-electron chi connectivity index (χ3n) is 2.82. The van der Waals surface area contributed by atoms with Crippen LogP contribution in [0.5, 0.6) is 5.75 Å². The number of carboxylic acid groups (broad SMARTS) is 1. The number of benzene rings is 1. The number of nitrogens with two attached hydrogens (primary N) is 1. The van der Waals surface area contributed by atoms with E-state index in [4.69, 9.17) is 21.0 Å². The largest absolute Gasteiger partial charge is 0.508 e. The zero-order valence-electron chi connectivity index (χ0n) is 11.3. The summed E-state index contributed by atoms with van der Waals surface area (Å²) in [5, 5.41) is 25.6. The van der Waals surface area contributed by atoms with Crippen LogP contribution < -0.4 is 5.73 Å². The summed E-state index contributed by atoms with van der Waals surface area (Å²) >= 11 is 0. The van der Waals surface area contributed by atoms with Gasteiger partial charge in [0.2, 0.25) is 0 Å². The van der Waals surface area contributed by atoms with E-state index in [2.05, 4.69) is 0 Å². The summed E-state index contributed by atoms with van der Waals surface area (Å²) < 4.78 is 5.36. The first-order valence-electron chi connectivity index (χ1n) is 6.10. The fourth-order valence-electron chi connectivity index (χ4n) is 1.60. The fourth-order valence-corrected chi connectivity index (χ4v) is 1.60. The van der Waals surface area contributed by atoms with Crippen molar-refractivity contribution in [3.8, 4) is 5.75 Å². The summed E-state index contributed by atoms with van der Waals surface area (Å²) in [6.07, 6.45) is 0.389. The van der Waals surface area contributed by atoms with E-state index < -0.39 is 5.97 Å². The van der Waals surface area contributed by atoms with Gasteiger partial charge in [-0.05, 0) is 30.2 Å². The minimum absolute atomic E-state index is 0.0290. The molecule has 0 aromatic heterocycles. The molecule has 0 bridgehead atoms. The van der Waals surface area contributed by atoms with E-state index in [1.54, 1.807) is 7.05 Å². The Morgan fingerprint density at radius 1 is 1.45 bits per heavy atom. The van der Waals surface area contributed by atoms with Crippen molar-refractivity contribution >= 4 is 11.9 Å². The van der Waals surface area contributed by atoms with Gasteiger partial charge in [0.05, 0.1) is 18.8 Å². The predicted molar refractivity (Wildman–Crippen MR) is 74.1 cm³/mol. The maximum absolute atomic E-state index is 11.0. The van der Waals surface area contributed by atoms with Crippen molar-refractivity contribution in [1.29, 1.82) is 5.41 Å². The number of carboxylic acids is 1. The highest BCUT2D eigenvalue weighted by molar-refractivity contribution is 5.89. The van der Waals surface area contributed by atoms with E-state index in [-0.39, 0.29) is 17.3 Å². The Kier molecular flexibility index (Phi) is 5.79. The first-order valence-corrected chi connectivity index (χ1v) is 6.10. The molecular weight excluding hydrogens is 262 g/mol. The van der Waals surface area contributed by atoms with Crippen LogP contribution >= 0.6 is 0 Å². The molecule has 0 aliphatic rings. The lowest BCUT2D eigenvalue weighted by molar-refractivity contribution is 0.0694. The second-order valence-corrected chi connectivity index (χ2v) is 4.32.